The number of anilines is 1. The van der Waals surface area contributed by atoms with Gasteiger partial charge in [-0.2, -0.15) is 0 Å². The van der Waals surface area contributed by atoms with Gasteiger partial charge in [-0.15, -0.1) is 11.3 Å². The number of aryl methyl sites for hydroxylation is 1. The van der Waals surface area contributed by atoms with Crippen molar-refractivity contribution >= 4 is 40.2 Å². The van der Waals surface area contributed by atoms with E-state index in [1.807, 2.05) is 13.8 Å². The summed E-state index contributed by atoms with van der Waals surface area (Å²) < 4.78 is 14.4. The first-order chi connectivity index (χ1) is 12.8. The summed E-state index contributed by atoms with van der Waals surface area (Å²) in [6, 6.07) is 0. The number of rotatable bonds is 9. The molecule has 9 heteroatoms. The van der Waals surface area contributed by atoms with Crippen molar-refractivity contribution in [3.8, 4) is 0 Å². The van der Waals surface area contributed by atoms with E-state index < -0.39 is 30.4 Å². The van der Waals surface area contributed by atoms with E-state index >= 15 is 0 Å². The lowest BCUT2D eigenvalue weighted by atomic mass is 10.1. The lowest BCUT2D eigenvalue weighted by Crippen LogP contribution is -2.21. The van der Waals surface area contributed by atoms with E-state index in [0.29, 0.717) is 17.0 Å². The van der Waals surface area contributed by atoms with Crippen LogP contribution in [0.15, 0.2) is 12.2 Å². The molecule has 148 valence electrons. The van der Waals surface area contributed by atoms with Gasteiger partial charge in [-0.05, 0) is 32.8 Å². The molecule has 1 amide bonds. The quantitative estimate of drug-likeness (QED) is 0.387. The van der Waals surface area contributed by atoms with Crippen LogP contribution in [0.3, 0.4) is 0 Å². The smallest absolute Gasteiger partial charge is 0.341 e. The summed E-state index contributed by atoms with van der Waals surface area (Å²) in [6.07, 6.45) is 2.40. The molecule has 0 radical (unpaired) electrons. The summed E-state index contributed by atoms with van der Waals surface area (Å²) in [5.74, 6) is -2.66. The molecule has 0 aliphatic rings. The number of hydrogen-bond donors (Lipinski definition) is 1. The first-order valence-corrected chi connectivity index (χ1v) is 9.26. The molecule has 0 saturated carbocycles. The Hall–Kier alpha value is -2.68. The van der Waals surface area contributed by atoms with Gasteiger partial charge in [0.25, 0.3) is 5.91 Å². The zero-order valence-corrected chi connectivity index (χ0v) is 16.6. The predicted octanol–water partition coefficient (Wildman–Crippen LogP) is 2.40. The molecule has 1 heterocycles. The molecule has 0 aromatic carbocycles. The molecule has 1 aromatic rings. The Kier molecular flexibility index (Phi) is 9.21. The maximum atomic E-state index is 12.2. The fraction of sp³-hybridized carbons (Fsp3) is 0.444. The fourth-order valence-electron chi connectivity index (χ4n) is 2.19. The monoisotopic (exact) mass is 397 g/mol. The summed E-state index contributed by atoms with van der Waals surface area (Å²) in [5.41, 5.74) is 1.13. The number of esters is 3. The number of thiophene rings is 1. The molecule has 1 N–H and O–H groups in total. The maximum Gasteiger partial charge on any atom is 0.341 e. The van der Waals surface area contributed by atoms with Crippen LogP contribution in [0, 0.1) is 6.92 Å². The molecule has 0 spiro atoms. The molecular weight excluding hydrogens is 374 g/mol. The molecule has 0 fully saturated rings. The molecule has 0 aliphatic heterocycles. The molecule has 0 unspecified atom stereocenters. The Balaban J connectivity index is 2.73. The van der Waals surface area contributed by atoms with Gasteiger partial charge in [0.2, 0.25) is 0 Å². The van der Waals surface area contributed by atoms with Crippen LogP contribution in [0.4, 0.5) is 5.00 Å². The third kappa shape index (κ3) is 6.86. The van der Waals surface area contributed by atoms with Gasteiger partial charge in [0, 0.05) is 17.0 Å². The molecule has 1 aromatic heterocycles. The van der Waals surface area contributed by atoms with E-state index in [2.05, 4.69) is 10.1 Å². The van der Waals surface area contributed by atoms with E-state index in [9.17, 15) is 19.2 Å². The van der Waals surface area contributed by atoms with Gasteiger partial charge in [0.15, 0.2) is 6.61 Å². The number of ether oxygens (including phenoxy) is 3. The third-order valence-electron chi connectivity index (χ3n) is 3.28. The first kappa shape index (κ1) is 22.4. The lowest BCUT2D eigenvalue weighted by molar-refractivity contribution is -0.143. The highest BCUT2D eigenvalue weighted by Gasteiger charge is 2.23. The van der Waals surface area contributed by atoms with Crippen LogP contribution >= 0.6 is 11.3 Å². The van der Waals surface area contributed by atoms with E-state index in [1.54, 1.807) is 13.8 Å². The summed E-state index contributed by atoms with van der Waals surface area (Å²) in [7, 11) is 0. The van der Waals surface area contributed by atoms with E-state index in [0.717, 1.165) is 22.6 Å². The Morgan fingerprint density at radius 2 is 1.56 bits per heavy atom. The van der Waals surface area contributed by atoms with Crippen LogP contribution in [0.25, 0.3) is 0 Å². The van der Waals surface area contributed by atoms with Crippen molar-refractivity contribution in [1.29, 1.82) is 0 Å². The molecule has 27 heavy (non-hydrogen) atoms. The second kappa shape index (κ2) is 11.1. The number of carbonyl (C=O) groups is 4. The standard InChI is InChI=1S/C18H23NO7S/c1-5-12-11(4)27-17(16(12)18(23)25-7-3)19-13(20)10-26-15(22)9-8-14(21)24-6-2/h8-9H,5-7,10H2,1-4H3,(H,19,20). The average Bonchev–Trinajstić information content (AvgIpc) is 2.93. The van der Waals surface area contributed by atoms with Crippen molar-refractivity contribution in [2.75, 3.05) is 25.1 Å². The van der Waals surface area contributed by atoms with Crippen LogP contribution < -0.4 is 5.32 Å². The molecular formula is C18H23NO7S. The average molecular weight is 397 g/mol. The highest BCUT2D eigenvalue weighted by atomic mass is 32.1. The minimum atomic E-state index is -0.861. The van der Waals surface area contributed by atoms with Gasteiger partial charge in [0.1, 0.15) is 5.00 Å². The van der Waals surface area contributed by atoms with Crippen LogP contribution in [0.5, 0.6) is 0 Å². The molecule has 1 rings (SSSR count). The SMILES string of the molecule is CCOC(=O)C=CC(=O)OCC(=O)Nc1sc(C)c(CC)c1C(=O)OCC. The summed E-state index contributed by atoms with van der Waals surface area (Å²) in [6.45, 7) is 6.92. The largest absolute Gasteiger partial charge is 0.463 e. The summed E-state index contributed by atoms with van der Waals surface area (Å²) >= 11 is 1.25. The highest BCUT2D eigenvalue weighted by Crippen LogP contribution is 2.34. The normalized spacial score (nSPS) is 10.5. The Morgan fingerprint density at radius 1 is 0.963 bits per heavy atom. The van der Waals surface area contributed by atoms with E-state index in [1.165, 1.54) is 11.3 Å². The van der Waals surface area contributed by atoms with Crippen molar-refractivity contribution in [1.82, 2.24) is 0 Å². The van der Waals surface area contributed by atoms with Crippen molar-refractivity contribution in [3.05, 3.63) is 28.2 Å². The topological polar surface area (TPSA) is 108 Å². The number of amides is 1. The van der Waals surface area contributed by atoms with Gasteiger partial charge in [-0.25, -0.2) is 14.4 Å². The molecule has 0 atom stereocenters. The van der Waals surface area contributed by atoms with Crippen molar-refractivity contribution < 1.29 is 33.4 Å². The van der Waals surface area contributed by atoms with Crippen LogP contribution in [-0.2, 0) is 35.0 Å². The third-order valence-corrected chi connectivity index (χ3v) is 4.35. The zero-order valence-electron chi connectivity index (χ0n) is 15.7. The van der Waals surface area contributed by atoms with E-state index in [4.69, 9.17) is 9.47 Å². The number of hydrogen-bond acceptors (Lipinski definition) is 8. The summed E-state index contributed by atoms with van der Waals surface area (Å²) in [5, 5.41) is 2.92. The lowest BCUT2D eigenvalue weighted by Gasteiger charge is -2.08. The Labute approximate surface area is 161 Å². The van der Waals surface area contributed by atoms with Crippen molar-refractivity contribution in [2.24, 2.45) is 0 Å². The predicted molar refractivity (Wildman–Crippen MR) is 99.8 cm³/mol. The van der Waals surface area contributed by atoms with Gasteiger partial charge in [-0.1, -0.05) is 6.92 Å². The van der Waals surface area contributed by atoms with Crippen LogP contribution in [-0.4, -0.2) is 43.6 Å². The van der Waals surface area contributed by atoms with Crippen LogP contribution in [0.1, 0.15) is 41.6 Å². The maximum absolute atomic E-state index is 12.2. The molecule has 8 nitrogen and oxygen atoms in total. The van der Waals surface area contributed by atoms with Gasteiger partial charge >= 0.3 is 17.9 Å². The Bertz CT molecular complexity index is 736. The Morgan fingerprint density at radius 3 is 2.11 bits per heavy atom. The molecule has 0 bridgehead atoms. The minimum Gasteiger partial charge on any atom is -0.463 e. The molecule has 0 aliphatic carbocycles. The number of carbonyl (C=O) groups excluding carboxylic acids is 4. The fourth-order valence-corrected chi connectivity index (χ4v) is 3.33. The minimum absolute atomic E-state index is 0.184. The summed E-state index contributed by atoms with van der Waals surface area (Å²) in [4.78, 5) is 47.8. The second-order valence-corrected chi connectivity index (χ2v) is 6.38. The zero-order chi connectivity index (χ0) is 20.4. The highest BCUT2D eigenvalue weighted by molar-refractivity contribution is 7.16. The van der Waals surface area contributed by atoms with Gasteiger partial charge in [0.05, 0.1) is 18.8 Å². The first-order valence-electron chi connectivity index (χ1n) is 8.44. The molecule has 0 saturated heterocycles. The van der Waals surface area contributed by atoms with Crippen molar-refractivity contribution in [3.63, 3.8) is 0 Å². The second-order valence-electron chi connectivity index (χ2n) is 5.16. The van der Waals surface area contributed by atoms with Gasteiger partial charge < -0.3 is 19.5 Å². The van der Waals surface area contributed by atoms with Gasteiger partial charge in [-0.3, -0.25) is 4.79 Å². The van der Waals surface area contributed by atoms with Crippen LogP contribution in [0.2, 0.25) is 0 Å². The number of nitrogens with one attached hydrogen (secondary N) is 1. The van der Waals surface area contributed by atoms with E-state index in [-0.39, 0.29) is 13.2 Å². The van der Waals surface area contributed by atoms with Crippen molar-refractivity contribution in [2.45, 2.75) is 34.1 Å².